The molecule has 0 bridgehead atoms. The number of hydrogen-bond acceptors (Lipinski definition) is 3. The van der Waals surface area contributed by atoms with Gasteiger partial charge in [-0.1, -0.05) is 6.92 Å². The summed E-state index contributed by atoms with van der Waals surface area (Å²) >= 11 is 0. The van der Waals surface area contributed by atoms with Gasteiger partial charge in [0.2, 0.25) is 5.91 Å². The third-order valence-corrected chi connectivity index (χ3v) is 3.53. The normalized spacial score (nSPS) is 29.6. The first kappa shape index (κ1) is 12.1. The average molecular weight is 237 g/mol. The van der Waals surface area contributed by atoms with E-state index in [0.29, 0.717) is 24.5 Å². The molecule has 2 amide bonds. The molecule has 2 aliphatic rings. The van der Waals surface area contributed by atoms with Crippen molar-refractivity contribution >= 4 is 17.5 Å². The molecule has 1 saturated heterocycles. The van der Waals surface area contributed by atoms with Crippen LogP contribution in [0.2, 0.25) is 0 Å². The Hall–Kier alpha value is -1.39. The molecular formula is C12H19N3O2. The van der Waals surface area contributed by atoms with Crippen molar-refractivity contribution in [3.8, 4) is 0 Å². The number of carbonyl (C=O) groups excluding carboxylic acids is 2. The van der Waals surface area contributed by atoms with Crippen LogP contribution in [-0.2, 0) is 9.59 Å². The zero-order chi connectivity index (χ0) is 12.4. The summed E-state index contributed by atoms with van der Waals surface area (Å²) in [5.74, 6) is 0.430. The fourth-order valence-electron chi connectivity index (χ4n) is 2.37. The van der Waals surface area contributed by atoms with Gasteiger partial charge in [0.1, 0.15) is 5.71 Å². The van der Waals surface area contributed by atoms with Gasteiger partial charge in [-0.05, 0) is 25.7 Å². The van der Waals surface area contributed by atoms with Gasteiger partial charge in [0, 0.05) is 25.4 Å². The minimum atomic E-state index is -0.110. The highest BCUT2D eigenvalue weighted by Gasteiger charge is 2.30. The number of nitrogens with zero attached hydrogens (tertiary/aromatic N) is 2. The van der Waals surface area contributed by atoms with E-state index in [9.17, 15) is 9.59 Å². The molecule has 1 N–H and O–H groups in total. The summed E-state index contributed by atoms with van der Waals surface area (Å²) in [5, 5.41) is 3.87. The Bertz CT molecular complexity index is 365. The third kappa shape index (κ3) is 2.65. The lowest BCUT2D eigenvalue weighted by Gasteiger charge is -2.37. The number of piperidine rings is 1. The summed E-state index contributed by atoms with van der Waals surface area (Å²) in [6.07, 6.45) is 3.05. The lowest BCUT2D eigenvalue weighted by molar-refractivity contribution is -0.128. The van der Waals surface area contributed by atoms with Crippen LogP contribution in [0.3, 0.4) is 0 Å². The average Bonchev–Trinajstić information content (AvgIpc) is 2.32. The molecule has 2 atom stereocenters. The van der Waals surface area contributed by atoms with E-state index in [4.69, 9.17) is 0 Å². The van der Waals surface area contributed by atoms with Gasteiger partial charge < -0.3 is 4.90 Å². The van der Waals surface area contributed by atoms with Crippen LogP contribution >= 0.6 is 0 Å². The second-order valence-corrected chi connectivity index (χ2v) is 5.08. The number of carbonyl (C=O) groups is 2. The fourth-order valence-corrected chi connectivity index (χ4v) is 2.37. The van der Waals surface area contributed by atoms with Gasteiger partial charge in [0.15, 0.2) is 0 Å². The van der Waals surface area contributed by atoms with Crippen LogP contribution < -0.4 is 5.43 Å². The molecule has 2 heterocycles. The molecule has 2 rings (SSSR count). The Morgan fingerprint density at radius 1 is 1.35 bits per heavy atom. The molecular weight excluding hydrogens is 218 g/mol. The highest BCUT2D eigenvalue weighted by molar-refractivity contribution is 6.39. The molecule has 94 valence electrons. The molecule has 0 aromatic carbocycles. The molecule has 0 aromatic rings. The van der Waals surface area contributed by atoms with Gasteiger partial charge >= 0.3 is 0 Å². The maximum atomic E-state index is 12.3. The fraction of sp³-hybridized carbons (Fsp3) is 0.750. The number of hydrogen-bond donors (Lipinski definition) is 1. The first-order valence-corrected chi connectivity index (χ1v) is 6.24. The van der Waals surface area contributed by atoms with Crippen molar-refractivity contribution in [2.45, 2.75) is 45.6 Å². The topological polar surface area (TPSA) is 61.8 Å². The molecule has 5 nitrogen and oxygen atoms in total. The van der Waals surface area contributed by atoms with Crippen LogP contribution in [0.25, 0.3) is 0 Å². The Kier molecular flexibility index (Phi) is 3.45. The van der Waals surface area contributed by atoms with E-state index in [1.807, 2.05) is 4.90 Å². The molecule has 17 heavy (non-hydrogen) atoms. The van der Waals surface area contributed by atoms with Crippen LogP contribution in [0.15, 0.2) is 5.10 Å². The van der Waals surface area contributed by atoms with Crippen LogP contribution in [0, 0.1) is 5.92 Å². The van der Waals surface area contributed by atoms with Crippen LogP contribution in [0.4, 0.5) is 0 Å². The molecule has 1 fully saturated rings. The van der Waals surface area contributed by atoms with E-state index >= 15 is 0 Å². The lowest BCUT2D eigenvalue weighted by Crippen LogP contribution is -2.49. The van der Waals surface area contributed by atoms with E-state index < -0.39 is 0 Å². The number of rotatable bonds is 1. The SMILES string of the molecule is CC1CCC(C)N(C(=O)C2=NNC(=O)CC2)C1. The number of amides is 2. The van der Waals surface area contributed by atoms with Crippen LogP contribution in [0.1, 0.15) is 39.5 Å². The standard InChI is InChI=1S/C12H19N3O2/c1-8-3-4-9(2)15(7-8)12(17)10-5-6-11(16)14-13-10/h8-9H,3-7H2,1-2H3,(H,14,16). The Labute approximate surface area is 101 Å². The van der Waals surface area contributed by atoms with Crippen molar-refractivity contribution < 1.29 is 9.59 Å². The van der Waals surface area contributed by atoms with Gasteiger partial charge in [-0.3, -0.25) is 9.59 Å². The molecule has 0 aliphatic carbocycles. The largest absolute Gasteiger partial charge is 0.335 e. The van der Waals surface area contributed by atoms with Gasteiger partial charge in [-0.2, -0.15) is 5.10 Å². The predicted molar refractivity (Wildman–Crippen MR) is 64.4 cm³/mol. The monoisotopic (exact) mass is 237 g/mol. The third-order valence-electron chi connectivity index (χ3n) is 3.53. The van der Waals surface area contributed by atoms with E-state index in [1.165, 1.54) is 6.42 Å². The van der Waals surface area contributed by atoms with Crippen molar-refractivity contribution in [2.75, 3.05) is 6.54 Å². The number of nitrogens with one attached hydrogen (secondary N) is 1. The number of hydrazone groups is 1. The van der Waals surface area contributed by atoms with Gasteiger partial charge in [0.05, 0.1) is 0 Å². The zero-order valence-corrected chi connectivity index (χ0v) is 10.4. The van der Waals surface area contributed by atoms with Crippen LogP contribution in [0.5, 0.6) is 0 Å². The van der Waals surface area contributed by atoms with E-state index in [1.54, 1.807) is 0 Å². The van der Waals surface area contributed by atoms with Gasteiger partial charge in [0.25, 0.3) is 5.91 Å². The van der Waals surface area contributed by atoms with Gasteiger partial charge in [-0.25, -0.2) is 5.43 Å². The quantitative estimate of drug-likeness (QED) is 0.736. The summed E-state index contributed by atoms with van der Waals surface area (Å²) < 4.78 is 0. The Balaban J connectivity index is 2.06. The van der Waals surface area contributed by atoms with Gasteiger partial charge in [-0.15, -0.1) is 0 Å². The minimum absolute atomic E-state index is 0.0101. The molecule has 0 aromatic heterocycles. The smallest absolute Gasteiger partial charge is 0.270 e. The summed E-state index contributed by atoms with van der Waals surface area (Å²) in [5.41, 5.74) is 2.87. The van der Waals surface area contributed by atoms with E-state index in [0.717, 1.165) is 13.0 Å². The Morgan fingerprint density at radius 3 is 2.76 bits per heavy atom. The minimum Gasteiger partial charge on any atom is -0.335 e. The molecule has 2 aliphatic heterocycles. The summed E-state index contributed by atoms with van der Waals surface area (Å²) in [4.78, 5) is 25.1. The molecule has 2 unspecified atom stereocenters. The van der Waals surface area contributed by atoms with Crippen molar-refractivity contribution in [3.05, 3.63) is 0 Å². The number of likely N-dealkylation sites (tertiary alicyclic amines) is 1. The summed E-state index contributed by atoms with van der Waals surface area (Å²) in [6, 6.07) is 0.277. The highest BCUT2D eigenvalue weighted by atomic mass is 16.2. The van der Waals surface area contributed by atoms with E-state index in [2.05, 4.69) is 24.4 Å². The second-order valence-electron chi connectivity index (χ2n) is 5.08. The van der Waals surface area contributed by atoms with Crippen molar-refractivity contribution in [3.63, 3.8) is 0 Å². The van der Waals surface area contributed by atoms with Crippen molar-refractivity contribution in [2.24, 2.45) is 11.0 Å². The van der Waals surface area contributed by atoms with Crippen LogP contribution in [-0.4, -0.2) is 35.0 Å². The predicted octanol–water partition coefficient (Wildman–Crippen LogP) is 0.899. The highest BCUT2D eigenvalue weighted by Crippen LogP contribution is 2.22. The lowest BCUT2D eigenvalue weighted by atomic mass is 9.94. The molecule has 5 heteroatoms. The summed E-state index contributed by atoms with van der Waals surface area (Å²) in [7, 11) is 0. The first-order valence-electron chi connectivity index (χ1n) is 6.24. The second kappa shape index (κ2) is 4.85. The van der Waals surface area contributed by atoms with E-state index in [-0.39, 0.29) is 17.9 Å². The maximum absolute atomic E-state index is 12.3. The maximum Gasteiger partial charge on any atom is 0.270 e. The first-order chi connectivity index (χ1) is 8.08. The molecule has 0 saturated carbocycles. The molecule has 0 spiro atoms. The zero-order valence-electron chi connectivity index (χ0n) is 10.4. The molecule has 0 radical (unpaired) electrons. The van der Waals surface area contributed by atoms with Crippen molar-refractivity contribution in [1.82, 2.24) is 10.3 Å². The Morgan fingerprint density at radius 2 is 2.12 bits per heavy atom. The van der Waals surface area contributed by atoms with Crippen molar-refractivity contribution in [1.29, 1.82) is 0 Å². The summed E-state index contributed by atoms with van der Waals surface area (Å²) in [6.45, 7) is 5.04.